The van der Waals surface area contributed by atoms with E-state index in [0.29, 0.717) is 29.0 Å². The van der Waals surface area contributed by atoms with Crippen LogP contribution >= 0.6 is 0 Å². The molecule has 0 heterocycles. The van der Waals surface area contributed by atoms with Crippen LogP contribution in [0.5, 0.6) is 0 Å². The van der Waals surface area contributed by atoms with Crippen LogP contribution in [0.1, 0.15) is 89.2 Å². The van der Waals surface area contributed by atoms with Gasteiger partial charge in [-0.05, 0) is 91.7 Å². The summed E-state index contributed by atoms with van der Waals surface area (Å²) < 4.78 is 44.9. The van der Waals surface area contributed by atoms with Crippen molar-refractivity contribution in [3.8, 4) is 22.3 Å². The first-order chi connectivity index (χ1) is 19.0. The van der Waals surface area contributed by atoms with E-state index in [2.05, 4.69) is 32.1 Å². The van der Waals surface area contributed by atoms with Gasteiger partial charge in [-0.1, -0.05) is 99.4 Å². The standard InChI is InChI=1S/C36H41F3/c1-3-5-7-8-10-12-30-21-24-33(36(39)35(30)38)29-19-17-27(18-20-29)31-22-23-32(34(37)25-31)28-15-13-26(14-16-28)11-9-6-4-2/h4,6,15,17-26H,3,5,7-14,16H2,1-2H3. The Bertz CT molecular complexity index is 1280. The average molecular weight is 531 g/mol. The van der Waals surface area contributed by atoms with Gasteiger partial charge in [-0.2, -0.15) is 0 Å². The molecule has 0 saturated heterocycles. The lowest BCUT2D eigenvalue weighted by molar-refractivity contribution is 0.453. The normalized spacial score (nSPS) is 15.6. The summed E-state index contributed by atoms with van der Waals surface area (Å²) in [7, 11) is 0. The first kappa shape index (κ1) is 28.9. The second kappa shape index (κ2) is 14.4. The Morgan fingerprint density at radius 3 is 2.21 bits per heavy atom. The van der Waals surface area contributed by atoms with E-state index in [9.17, 15) is 8.78 Å². The Balaban J connectivity index is 1.42. The number of hydrogen-bond acceptors (Lipinski definition) is 0. The Labute approximate surface area is 232 Å². The van der Waals surface area contributed by atoms with Gasteiger partial charge in [0.2, 0.25) is 0 Å². The van der Waals surface area contributed by atoms with Crippen molar-refractivity contribution in [1.29, 1.82) is 0 Å². The molecular weight excluding hydrogens is 489 g/mol. The van der Waals surface area contributed by atoms with E-state index < -0.39 is 11.6 Å². The van der Waals surface area contributed by atoms with Gasteiger partial charge in [-0.25, -0.2) is 13.2 Å². The highest BCUT2D eigenvalue weighted by molar-refractivity contribution is 5.74. The first-order valence-corrected chi connectivity index (χ1v) is 14.7. The van der Waals surface area contributed by atoms with Crippen molar-refractivity contribution in [3.05, 3.63) is 101 Å². The second-order valence-corrected chi connectivity index (χ2v) is 10.9. The summed E-state index contributed by atoms with van der Waals surface area (Å²) in [5, 5.41) is 0. The molecule has 1 aliphatic carbocycles. The van der Waals surface area contributed by atoms with Gasteiger partial charge < -0.3 is 0 Å². The molecular formula is C36H41F3. The van der Waals surface area contributed by atoms with Crippen molar-refractivity contribution in [1.82, 2.24) is 0 Å². The van der Waals surface area contributed by atoms with Gasteiger partial charge in [0, 0.05) is 11.1 Å². The molecule has 1 unspecified atom stereocenters. The van der Waals surface area contributed by atoms with Crippen LogP contribution in [0.2, 0.25) is 0 Å². The number of halogens is 3. The van der Waals surface area contributed by atoms with E-state index in [-0.39, 0.29) is 11.4 Å². The zero-order valence-electron chi connectivity index (χ0n) is 23.4. The SMILES string of the molecule is CC=CCCC1CC=C(c2ccc(-c3ccc(-c4ccc(CCCCCCC)c(F)c4F)cc3)cc2F)CC1. The highest BCUT2D eigenvalue weighted by atomic mass is 19.2. The number of allylic oxidation sites excluding steroid dienone is 4. The predicted octanol–water partition coefficient (Wildman–Crippen LogP) is 11.5. The molecule has 3 aromatic rings. The van der Waals surface area contributed by atoms with Crippen molar-refractivity contribution in [2.24, 2.45) is 5.92 Å². The molecule has 206 valence electrons. The summed E-state index contributed by atoms with van der Waals surface area (Å²) >= 11 is 0. The molecule has 39 heavy (non-hydrogen) atoms. The third kappa shape index (κ3) is 7.53. The van der Waals surface area contributed by atoms with Gasteiger partial charge in [0.05, 0.1) is 0 Å². The maximum absolute atomic E-state index is 15.2. The van der Waals surface area contributed by atoms with Gasteiger partial charge in [-0.15, -0.1) is 0 Å². The molecule has 3 aromatic carbocycles. The number of hydrogen-bond donors (Lipinski definition) is 0. The topological polar surface area (TPSA) is 0 Å². The number of benzene rings is 3. The molecule has 0 aromatic heterocycles. The van der Waals surface area contributed by atoms with Crippen molar-refractivity contribution in [3.63, 3.8) is 0 Å². The fourth-order valence-electron chi connectivity index (χ4n) is 5.62. The number of aryl methyl sites for hydroxylation is 1. The summed E-state index contributed by atoms with van der Waals surface area (Å²) in [4.78, 5) is 0. The lowest BCUT2D eigenvalue weighted by Crippen LogP contribution is -2.06. The molecule has 0 amide bonds. The molecule has 0 bridgehead atoms. The van der Waals surface area contributed by atoms with Crippen LogP contribution in [0.25, 0.3) is 27.8 Å². The minimum absolute atomic E-state index is 0.214. The largest absolute Gasteiger partial charge is 0.206 e. The molecule has 4 rings (SSSR count). The molecule has 0 N–H and O–H groups in total. The van der Waals surface area contributed by atoms with Crippen molar-refractivity contribution in [2.75, 3.05) is 0 Å². The summed E-state index contributed by atoms with van der Waals surface area (Å²) in [5.41, 5.74) is 4.70. The summed E-state index contributed by atoms with van der Waals surface area (Å²) in [6.07, 6.45) is 17.8. The van der Waals surface area contributed by atoms with Gasteiger partial charge in [-0.3, -0.25) is 0 Å². The molecule has 1 aliphatic rings. The smallest absolute Gasteiger partial charge is 0.166 e. The maximum Gasteiger partial charge on any atom is 0.166 e. The van der Waals surface area contributed by atoms with Crippen molar-refractivity contribution in [2.45, 2.75) is 84.5 Å². The van der Waals surface area contributed by atoms with Gasteiger partial charge >= 0.3 is 0 Å². The Morgan fingerprint density at radius 2 is 1.51 bits per heavy atom. The zero-order valence-corrected chi connectivity index (χ0v) is 23.4. The van der Waals surface area contributed by atoms with E-state index in [0.717, 1.165) is 68.1 Å². The lowest BCUT2D eigenvalue weighted by atomic mass is 9.84. The lowest BCUT2D eigenvalue weighted by Gasteiger charge is -2.22. The fraction of sp³-hybridized carbons (Fsp3) is 0.389. The third-order valence-electron chi connectivity index (χ3n) is 8.05. The predicted molar refractivity (Wildman–Crippen MR) is 159 cm³/mol. The molecule has 0 aliphatic heterocycles. The highest BCUT2D eigenvalue weighted by Crippen LogP contribution is 2.35. The Morgan fingerprint density at radius 1 is 0.795 bits per heavy atom. The van der Waals surface area contributed by atoms with Gasteiger partial charge in [0.25, 0.3) is 0 Å². The van der Waals surface area contributed by atoms with E-state index in [1.165, 1.54) is 12.8 Å². The van der Waals surface area contributed by atoms with Crippen molar-refractivity contribution < 1.29 is 13.2 Å². The summed E-state index contributed by atoms with van der Waals surface area (Å²) in [6.45, 7) is 4.21. The molecule has 0 saturated carbocycles. The van der Waals surface area contributed by atoms with E-state index in [1.807, 2.05) is 24.3 Å². The van der Waals surface area contributed by atoms with Crippen LogP contribution in [0.4, 0.5) is 13.2 Å². The fourth-order valence-corrected chi connectivity index (χ4v) is 5.62. The minimum Gasteiger partial charge on any atom is -0.206 e. The Kier molecular flexibility index (Phi) is 10.6. The Hall–Kier alpha value is -3.07. The first-order valence-electron chi connectivity index (χ1n) is 14.7. The monoisotopic (exact) mass is 530 g/mol. The molecule has 0 fully saturated rings. The van der Waals surface area contributed by atoms with Crippen LogP contribution in [0.15, 0.2) is 72.8 Å². The van der Waals surface area contributed by atoms with Crippen molar-refractivity contribution >= 4 is 5.57 Å². The molecule has 0 radical (unpaired) electrons. The molecule has 0 spiro atoms. The second-order valence-electron chi connectivity index (χ2n) is 10.9. The van der Waals surface area contributed by atoms with Crippen LogP contribution in [0.3, 0.4) is 0 Å². The van der Waals surface area contributed by atoms with Crippen LogP contribution in [0, 0.1) is 23.4 Å². The van der Waals surface area contributed by atoms with Crippen LogP contribution in [-0.4, -0.2) is 0 Å². The molecule has 1 atom stereocenters. The van der Waals surface area contributed by atoms with E-state index in [1.54, 1.807) is 30.3 Å². The quantitative estimate of drug-likeness (QED) is 0.161. The van der Waals surface area contributed by atoms with Crippen LogP contribution < -0.4 is 0 Å². The zero-order chi connectivity index (χ0) is 27.6. The van der Waals surface area contributed by atoms with Gasteiger partial charge in [0.15, 0.2) is 11.6 Å². The number of unbranched alkanes of at least 4 members (excludes halogenated alkanes) is 4. The number of rotatable bonds is 12. The summed E-state index contributed by atoms with van der Waals surface area (Å²) in [6, 6.07) is 16.0. The van der Waals surface area contributed by atoms with Gasteiger partial charge in [0.1, 0.15) is 5.82 Å². The minimum atomic E-state index is -0.797. The van der Waals surface area contributed by atoms with E-state index in [4.69, 9.17) is 0 Å². The maximum atomic E-state index is 15.2. The van der Waals surface area contributed by atoms with E-state index >= 15 is 4.39 Å². The van der Waals surface area contributed by atoms with Crippen LogP contribution in [-0.2, 0) is 6.42 Å². The third-order valence-corrected chi connectivity index (χ3v) is 8.05. The molecule has 3 heteroatoms. The highest BCUT2D eigenvalue weighted by Gasteiger charge is 2.18. The summed E-state index contributed by atoms with van der Waals surface area (Å²) in [5.74, 6) is -1.08. The average Bonchev–Trinajstić information content (AvgIpc) is 2.96. The molecule has 0 nitrogen and oxygen atoms in total.